The number of aryl methyl sites for hydroxylation is 2. The lowest BCUT2D eigenvalue weighted by atomic mass is 9.99. The summed E-state index contributed by atoms with van der Waals surface area (Å²) in [5.41, 5.74) is 2.03. The number of urea groups is 1. The van der Waals surface area contributed by atoms with E-state index in [1.54, 1.807) is 12.1 Å². The zero-order valence-corrected chi connectivity index (χ0v) is 13.5. The number of amides is 2. The molecule has 2 heterocycles. The van der Waals surface area contributed by atoms with E-state index in [2.05, 4.69) is 20.2 Å². The second kappa shape index (κ2) is 6.26. The Hall–Kier alpha value is -2.37. The summed E-state index contributed by atoms with van der Waals surface area (Å²) in [7, 11) is 0. The smallest absolute Gasteiger partial charge is 0.315 e. The second-order valence-electron chi connectivity index (χ2n) is 6.69. The van der Waals surface area contributed by atoms with E-state index in [0.717, 1.165) is 49.2 Å². The van der Waals surface area contributed by atoms with E-state index in [1.165, 1.54) is 6.07 Å². The molecule has 1 aliphatic heterocycles. The van der Waals surface area contributed by atoms with Gasteiger partial charge in [0.2, 0.25) is 0 Å². The molecule has 1 aromatic carbocycles. The Kier molecular flexibility index (Phi) is 3.96. The summed E-state index contributed by atoms with van der Waals surface area (Å²) < 4.78 is 15.4. The molecule has 4 rings (SSSR count). The van der Waals surface area contributed by atoms with E-state index >= 15 is 0 Å². The number of nitrogens with one attached hydrogen (secondary N) is 2. The molecule has 0 bridgehead atoms. The van der Waals surface area contributed by atoms with Gasteiger partial charge in [-0.15, -0.1) is 0 Å². The Morgan fingerprint density at radius 1 is 1.33 bits per heavy atom. The lowest BCUT2D eigenvalue weighted by molar-refractivity contribution is 0.232. The van der Waals surface area contributed by atoms with E-state index in [9.17, 15) is 9.18 Å². The first-order valence-corrected chi connectivity index (χ1v) is 8.52. The van der Waals surface area contributed by atoms with Gasteiger partial charge in [0.15, 0.2) is 0 Å². The molecule has 0 saturated heterocycles. The van der Waals surface area contributed by atoms with Crippen molar-refractivity contribution in [1.82, 2.24) is 20.2 Å². The highest BCUT2D eigenvalue weighted by Gasteiger charge is 2.25. The van der Waals surface area contributed by atoms with E-state index in [0.29, 0.717) is 12.5 Å². The van der Waals surface area contributed by atoms with Gasteiger partial charge in [0.1, 0.15) is 11.6 Å². The molecule has 1 aliphatic carbocycles. The van der Waals surface area contributed by atoms with Crippen molar-refractivity contribution >= 4 is 6.03 Å². The van der Waals surface area contributed by atoms with Crippen LogP contribution in [0.25, 0.3) is 0 Å². The van der Waals surface area contributed by atoms with Crippen molar-refractivity contribution in [3.63, 3.8) is 0 Å². The van der Waals surface area contributed by atoms with Gasteiger partial charge in [-0.2, -0.15) is 0 Å². The fraction of sp³-hybridized carbons (Fsp3) is 0.444. The Bertz CT molecular complexity index is 757. The number of rotatable bonds is 3. The van der Waals surface area contributed by atoms with Crippen LogP contribution < -0.4 is 10.6 Å². The number of benzene rings is 1. The van der Waals surface area contributed by atoms with Gasteiger partial charge in [0.25, 0.3) is 0 Å². The van der Waals surface area contributed by atoms with Crippen LogP contribution in [-0.4, -0.2) is 22.1 Å². The minimum absolute atomic E-state index is 0.0211. The molecule has 2 amide bonds. The fourth-order valence-electron chi connectivity index (χ4n) is 3.79. The van der Waals surface area contributed by atoms with Crippen LogP contribution in [-0.2, 0) is 19.4 Å². The van der Waals surface area contributed by atoms with Crippen LogP contribution in [0.1, 0.15) is 35.8 Å². The minimum Gasteiger partial charge on any atom is -0.338 e. The number of imidazole rings is 1. The number of halogens is 1. The van der Waals surface area contributed by atoms with Crippen molar-refractivity contribution in [1.29, 1.82) is 0 Å². The average Bonchev–Trinajstić information content (AvgIpc) is 3.19. The van der Waals surface area contributed by atoms with Gasteiger partial charge < -0.3 is 15.2 Å². The van der Waals surface area contributed by atoms with Crippen LogP contribution in [0, 0.1) is 11.7 Å². The molecule has 2 atom stereocenters. The van der Waals surface area contributed by atoms with Crippen molar-refractivity contribution in [2.75, 3.05) is 6.54 Å². The minimum atomic E-state index is -0.213. The van der Waals surface area contributed by atoms with Gasteiger partial charge in [-0.3, -0.25) is 0 Å². The van der Waals surface area contributed by atoms with Crippen molar-refractivity contribution < 1.29 is 9.18 Å². The molecule has 2 aliphatic rings. The number of carbonyl (C=O) groups excluding carboxylic acids is 1. The lowest BCUT2D eigenvalue weighted by Crippen LogP contribution is -2.41. The van der Waals surface area contributed by atoms with Crippen LogP contribution in [0.4, 0.5) is 9.18 Å². The third-order valence-electron chi connectivity index (χ3n) is 5.07. The van der Waals surface area contributed by atoms with Crippen LogP contribution >= 0.6 is 0 Å². The summed E-state index contributed by atoms with van der Waals surface area (Å²) in [5, 5.41) is 6.00. The van der Waals surface area contributed by atoms with Gasteiger partial charge >= 0.3 is 6.03 Å². The van der Waals surface area contributed by atoms with Gasteiger partial charge in [0, 0.05) is 31.9 Å². The fourth-order valence-corrected chi connectivity index (χ4v) is 3.79. The molecular weight excluding hydrogens is 307 g/mol. The van der Waals surface area contributed by atoms with Crippen molar-refractivity contribution in [2.45, 2.75) is 38.3 Å². The molecule has 5 nitrogen and oxygen atoms in total. The van der Waals surface area contributed by atoms with Crippen LogP contribution in [0.2, 0.25) is 0 Å². The van der Waals surface area contributed by atoms with Crippen LogP contribution in [0.5, 0.6) is 0 Å². The van der Waals surface area contributed by atoms with E-state index in [-0.39, 0.29) is 17.9 Å². The summed E-state index contributed by atoms with van der Waals surface area (Å²) in [4.78, 5) is 16.5. The molecule has 0 spiro atoms. The first-order valence-electron chi connectivity index (χ1n) is 8.52. The number of fused-ring (bicyclic) bond motifs is 2. The van der Waals surface area contributed by atoms with Crippen molar-refractivity contribution in [3.8, 4) is 0 Å². The molecule has 1 aromatic heterocycles. The van der Waals surface area contributed by atoms with Crippen LogP contribution in [0.15, 0.2) is 30.6 Å². The molecule has 0 fully saturated rings. The predicted molar refractivity (Wildman–Crippen MR) is 88.0 cm³/mol. The van der Waals surface area contributed by atoms with E-state index in [1.807, 2.05) is 12.4 Å². The number of carbonyl (C=O) groups is 1. The summed E-state index contributed by atoms with van der Waals surface area (Å²) >= 11 is 0. The summed E-state index contributed by atoms with van der Waals surface area (Å²) in [5.74, 6) is 1.35. The van der Waals surface area contributed by atoms with Gasteiger partial charge in [-0.1, -0.05) is 6.07 Å². The number of nitrogens with zero attached hydrogens (tertiary/aromatic N) is 2. The lowest BCUT2D eigenvalue weighted by Gasteiger charge is -2.24. The summed E-state index contributed by atoms with van der Waals surface area (Å²) in [6.45, 7) is 1.56. The molecule has 126 valence electrons. The number of aromatic nitrogens is 2. The third-order valence-corrected chi connectivity index (χ3v) is 5.07. The quantitative estimate of drug-likeness (QED) is 0.910. The summed E-state index contributed by atoms with van der Waals surface area (Å²) in [6.07, 6.45) is 7.47. The number of hydrogen-bond donors (Lipinski definition) is 2. The molecule has 2 aromatic rings. The van der Waals surface area contributed by atoms with E-state index < -0.39 is 0 Å². The molecule has 1 unspecified atom stereocenters. The topological polar surface area (TPSA) is 59.0 Å². The molecule has 0 saturated carbocycles. The van der Waals surface area contributed by atoms with Gasteiger partial charge in [0.05, 0.1) is 6.04 Å². The maximum atomic E-state index is 13.3. The highest BCUT2D eigenvalue weighted by molar-refractivity contribution is 5.74. The second-order valence-corrected chi connectivity index (χ2v) is 6.69. The molecular formula is C18H21FN4O. The van der Waals surface area contributed by atoms with Gasteiger partial charge in [-0.25, -0.2) is 14.2 Å². The van der Waals surface area contributed by atoms with Crippen molar-refractivity contribution in [2.24, 2.45) is 5.92 Å². The average molecular weight is 328 g/mol. The zero-order chi connectivity index (χ0) is 16.5. The maximum Gasteiger partial charge on any atom is 0.315 e. The van der Waals surface area contributed by atoms with E-state index in [4.69, 9.17) is 0 Å². The highest BCUT2D eigenvalue weighted by atomic mass is 19.1. The third kappa shape index (κ3) is 3.00. The van der Waals surface area contributed by atoms with Crippen molar-refractivity contribution in [3.05, 3.63) is 53.4 Å². The summed E-state index contributed by atoms with van der Waals surface area (Å²) in [6, 6.07) is 4.65. The predicted octanol–water partition coefficient (Wildman–Crippen LogP) is 2.57. The number of hydrogen-bond acceptors (Lipinski definition) is 2. The molecule has 2 N–H and O–H groups in total. The maximum absolute atomic E-state index is 13.3. The monoisotopic (exact) mass is 328 g/mol. The Morgan fingerprint density at radius 3 is 3.17 bits per heavy atom. The first kappa shape index (κ1) is 15.2. The first-order chi connectivity index (χ1) is 11.7. The Balaban J connectivity index is 1.29. The largest absolute Gasteiger partial charge is 0.338 e. The van der Waals surface area contributed by atoms with Gasteiger partial charge in [-0.05, 0) is 48.4 Å². The highest BCUT2D eigenvalue weighted by Crippen LogP contribution is 2.31. The molecule has 0 radical (unpaired) electrons. The standard InChI is InChI=1S/C18H21FN4O/c19-14-3-4-15-13(9-14)2-5-16(15)22-18(24)21-10-12-1-6-17-20-7-8-23(17)11-12/h3-4,7-9,12,16H,1-2,5-6,10-11H2,(H2,21,22,24)/t12?,16-/m1/s1. The SMILES string of the molecule is O=C(NCC1CCc2nccn2C1)N[C@@H]1CCc2cc(F)ccc21. The normalized spacial score (nSPS) is 21.9. The molecule has 6 heteroatoms. The molecule has 24 heavy (non-hydrogen) atoms. The Labute approximate surface area is 140 Å². The zero-order valence-electron chi connectivity index (χ0n) is 13.5. The Morgan fingerprint density at radius 2 is 2.25 bits per heavy atom. The van der Waals surface area contributed by atoms with Crippen LogP contribution in [0.3, 0.4) is 0 Å².